The smallest absolute Gasteiger partial charge is 0.0943 e. The van der Waals surface area contributed by atoms with Crippen LogP contribution in [0.4, 0.5) is 0 Å². The van der Waals surface area contributed by atoms with Gasteiger partial charge in [-0.1, -0.05) is 75.2 Å². The third-order valence-electron chi connectivity index (χ3n) is 3.27. The van der Waals surface area contributed by atoms with Crippen molar-refractivity contribution in [1.29, 1.82) is 5.26 Å². The third-order valence-corrected chi connectivity index (χ3v) is 6.17. The van der Waals surface area contributed by atoms with Crippen molar-refractivity contribution in [3.05, 3.63) is 47.0 Å². The minimum atomic E-state index is -1.26. The van der Waals surface area contributed by atoms with Gasteiger partial charge in [0.1, 0.15) is 0 Å². The molecule has 1 aromatic carbocycles. The molecule has 0 atom stereocenters. The molecular weight excluding hydrogens is 286 g/mol. The highest BCUT2D eigenvalue weighted by Gasteiger charge is 2.22. The molecule has 0 radical (unpaired) electrons. The van der Waals surface area contributed by atoms with Crippen LogP contribution in [0.15, 0.2) is 41.5 Å². The predicted molar refractivity (Wildman–Crippen MR) is 99.1 cm³/mol. The summed E-state index contributed by atoms with van der Waals surface area (Å²) in [7, 11) is -2.48. The molecule has 21 heavy (non-hydrogen) atoms. The number of rotatable bonds is 6. The molecule has 1 rings (SSSR count). The maximum absolute atomic E-state index is 9.66. The Morgan fingerprint density at radius 1 is 0.905 bits per heavy atom. The van der Waals surface area contributed by atoms with E-state index < -0.39 is 16.1 Å². The van der Waals surface area contributed by atoms with E-state index in [1.165, 1.54) is 11.1 Å². The summed E-state index contributed by atoms with van der Waals surface area (Å²) in [5.41, 5.74) is 3.79. The third kappa shape index (κ3) is 7.45. The van der Waals surface area contributed by atoms with Crippen molar-refractivity contribution in [3.8, 4) is 6.07 Å². The van der Waals surface area contributed by atoms with Gasteiger partial charge in [0.2, 0.25) is 0 Å². The first kappa shape index (κ1) is 17.9. The molecular formula is C18H29NSi2. The van der Waals surface area contributed by atoms with E-state index in [9.17, 15) is 5.26 Å². The van der Waals surface area contributed by atoms with Gasteiger partial charge in [0.15, 0.2) is 0 Å². The molecule has 3 heteroatoms. The van der Waals surface area contributed by atoms with Gasteiger partial charge in [-0.3, -0.25) is 0 Å². The Labute approximate surface area is 132 Å². The maximum atomic E-state index is 9.66. The van der Waals surface area contributed by atoms with E-state index in [0.717, 1.165) is 24.1 Å². The highest BCUT2D eigenvalue weighted by molar-refractivity contribution is 6.77. The molecule has 0 aliphatic carbocycles. The standard InChI is InChI=1S/C18H29NSi2/c1-20(2,3)14-17(12-16-10-8-7-9-11-16)18(13-19)15-21(4,5)6/h7-11H,12,14-15H2,1-6H3/b18-17-. The van der Waals surface area contributed by atoms with Gasteiger partial charge in [0.05, 0.1) is 6.07 Å². The summed E-state index contributed by atoms with van der Waals surface area (Å²) in [5.74, 6) is 0. The van der Waals surface area contributed by atoms with Crippen molar-refractivity contribution in [2.24, 2.45) is 0 Å². The van der Waals surface area contributed by atoms with Crippen LogP contribution in [-0.2, 0) is 6.42 Å². The molecule has 0 heterocycles. The molecule has 0 unspecified atom stereocenters. The zero-order valence-corrected chi connectivity index (χ0v) is 16.5. The molecule has 1 nitrogen and oxygen atoms in total. The minimum Gasteiger partial charge on any atom is -0.193 e. The van der Waals surface area contributed by atoms with E-state index in [4.69, 9.17) is 0 Å². The SMILES string of the molecule is C[Si](C)(C)C/C(C#N)=C(/Cc1ccccc1)C[Si](C)(C)C. The van der Waals surface area contributed by atoms with E-state index in [0.29, 0.717) is 0 Å². The summed E-state index contributed by atoms with van der Waals surface area (Å²) >= 11 is 0. The normalized spacial score (nSPS) is 13.6. The van der Waals surface area contributed by atoms with Crippen LogP contribution in [0.2, 0.25) is 51.4 Å². The molecule has 114 valence electrons. The number of allylic oxidation sites excluding steroid dienone is 2. The fourth-order valence-electron chi connectivity index (χ4n) is 2.53. The van der Waals surface area contributed by atoms with Gasteiger partial charge < -0.3 is 0 Å². The molecule has 0 amide bonds. The number of hydrogen-bond donors (Lipinski definition) is 0. The van der Waals surface area contributed by atoms with Gasteiger partial charge in [-0.05, 0) is 24.1 Å². The van der Waals surface area contributed by atoms with Crippen LogP contribution in [0, 0.1) is 11.3 Å². The summed E-state index contributed by atoms with van der Waals surface area (Å²) in [6, 6.07) is 15.3. The molecule has 0 fully saturated rings. The van der Waals surface area contributed by atoms with Gasteiger partial charge in [-0.25, -0.2) is 0 Å². The second-order valence-electron chi connectivity index (χ2n) is 8.33. The van der Waals surface area contributed by atoms with Crippen molar-refractivity contribution < 1.29 is 0 Å². The molecule has 0 saturated carbocycles. The van der Waals surface area contributed by atoms with E-state index in [-0.39, 0.29) is 0 Å². The molecule has 0 spiro atoms. The summed E-state index contributed by atoms with van der Waals surface area (Å²) in [4.78, 5) is 0. The van der Waals surface area contributed by atoms with Crippen LogP contribution >= 0.6 is 0 Å². The number of hydrogen-bond acceptors (Lipinski definition) is 1. The van der Waals surface area contributed by atoms with Crippen LogP contribution in [0.1, 0.15) is 5.56 Å². The first-order valence-electron chi connectivity index (χ1n) is 7.76. The van der Waals surface area contributed by atoms with Gasteiger partial charge in [0.25, 0.3) is 0 Å². The fraction of sp³-hybridized carbons (Fsp3) is 0.500. The number of nitriles is 1. The van der Waals surface area contributed by atoms with E-state index in [1.54, 1.807) is 0 Å². The van der Waals surface area contributed by atoms with E-state index in [2.05, 4.69) is 75.7 Å². The summed E-state index contributed by atoms with van der Waals surface area (Å²) in [5, 5.41) is 9.66. The van der Waals surface area contributed by atoms with Gasteiger partial charge in [-0.2, -0.15) is 5.26 Å². The Bertz CT molecular complexity index is 525. The molecule has 0 aliphatic rings. The maximum Gasteiger partial charge on any atom is 0.0943 e. The largest absolute Gasteiger partial charge is 0.193 e. The Morgan fingerprint density at radius 2 is 1.43 bits per heavy atom. The lowest BCUT2D eigenvalue weighted by molar-refractivity contribution is 1.08. The second kappa shape index (κ2) is 7.24. The van der Waals surface area contributed by atoms with Gasteiger partial charge in [-0.15, -0.1) is 0 Å². The molecule has 0 N–H and O–H groups in total. The Hall–Kier alpha value is -1.12. The second-order valence-corrected chi connectivity index (χ2v) is 19.3. The number of benzene rings is 1. The van der Waals surface area contributed by atoms with Crippen molar-refractivity contribution in [2.75, 3.05) is 0 Å². The molecule has 1 aromatic rings. The Morgan fingerprint density at radius 3 is 1.86 bits per heavy atom. The van der Waals surface area contributed by atoms with Crippen molar-refractivity contribution in [3.63, 3.8) is 0 Å². The lowest BCUT2D eigenvalue weighted by Crippen LogP contribution is -2.24. The minimum absolute atomic E-state index is 0.943. The van der Waals surface area contributed by atoms with Gasteiger partial charge >= 0.3 is 0 Å². The van der Waals surface area contributed by atoms with E-state index in [1.807, 2.05) is 0 Å². The Balaban J connectivity index is 3.14. The van der Waals surface area contributed by atoms with Crippen LogP contribution in [0.5, 0.6) is 0 Å². The highest BCUT2D eigenvalue weighted by Crippen LogP contribution is 2.27. The quantitative estimate of drug-likeness (QED) is 0.486. The molecule has 0 bridgehead atoms. The van der Waals surface area contributed by atoms with Crippen LogP contribution in [-0.4, -0.2) is 16.1 Å². The Kier molecular flexibility index (Phi) is 6.18. The number of nitrogens with zero attached hydrogens (tertiary/aromatic N) is 1. The van der Waals surface area contributed by atoms with E-state index >= 15 is 0 Å². The van der Waals surface area contributed by atoms with Crippen molar-refractivity contribution >= 4 is 16.1 Å². The monoisotopic (exact) mass is 315 g/mol. The summed E-state index contributed by atoms with van der Waals surface area (Å²) in [6.45, 7) is 14.2. The van der Waals surface area contributed by atoms with Crippen LogP contribution in [0.25, 0.3) is 0 Å². The first-order chi connectivity index (χ1) is 9.61. The van der Waals surface area contributed by atoms with Crippen molar-refractivity contribution in [1.82, 2.24) is 0 Å². The highest BCUT2D eigenvalue weighted by atomic mass is 28.3. The first-order valence-corrected chi connectivity index (χ1v) is 15.2. The topological polar surface area (TPSA) is 23.8 Å². The van der Waals surface area contributed by atoms with Gasteiger partial charge in [0, 0.05) is 21.7 Å². The molecule has 0 aliphatic heterocycles. The zero-order chi connectivity index (χ0) is 16.1. The average molecular weight is 316 g/mol. The van der Waals surface area contributed by atoms with Crippen LogP contribution in [0.3, 0.4) is 0 Å². The van der Waals surface area contributed by atoms with Crippen molar-refractivity contribution in [2.45, 2.75) is 57.8 Å². The lowest BCUT2D eigenvalue weighted by atomic mass is 10.0. The fourth-order valence-corrected chi connectivity index (χ4v) is 5.54. The average Bonchev–Trinajstić information content (AvgIpc) is 2.33. The summed E-state index contributed by atoms with van der Waals surface area (Å²) < 4.78 is 0. The lowest BCUT2D eigenvalue weighted by Gasteiger charge is -2.23. The summed E-state index contributed by atoms with van der Waals surface area (Å²) in [6.07, 6.45) is 0.943. The molecule has 0 saturated heterocycles. The van der Waals surface area contributed by atoms with Crippen LogP contribution < -0.4 is 0 Å². The zero-order valence-electron chi connectivity index (χ0n) is 14.5. The predicted octanol–water partition coefficient (Wildman–Crippen LogP) is 5.73. The molecule has 0 aromatic heterocycles.